The predicted molar refractivity (Wildman–Crippen MR) is 87.0 cm³/mol. The van der Waals surface area contributed by atoms with E-state index in [2.05, 4.69) is 5.32 Å². The monoisotopic (exact) mass is 322 g/mol. The van der Waals surface area contributed by atoms with Crippen molar-refractivity contribution >= 4 is 17.6 Å². The average Bonchev–Trinajstić information content (AvgIpc) is 3.18. The smallest absolute Gasteiger partial charge is 0.317 e. The third-order valence-electron chi connectivity index (χ3n) is 4.88. The van der Waals surface area contributed by atoms with Crippen molar-refractivity contribution in [1.29, 1.82) is 0 Å². The molecule has 1 aromatic carbocycles. The molecule has 2 heterocycles. The van der Waals surface area contributed by atoms with Crippen LogP contribution in [-0.4, -0.2) is 37.2 Å². The molecule has 3 rings (SSSR count). The number of amides is 2. The number of nitrogens with zero attached hydrogens (tertiary/aromatic N) is 1. The van der Waals surface area contributed by atoms with E-state index < -0.39 is 0 Å². The van der Waals surface area contributed by atoms with Crippen LogP contribution in [0.5, 0.6) is 0 Å². The molecule has 2 saturated heterocycles. The van der Waals surface area contributed by atoms with Crippen LogP contribution in [0.2, 0.25) is 5.02 Å². The standard InChI is InChI=1S/C17H23ClN2O2/c1-12-2-3-16(18)8-15(12)9-19-17(21)20-6-4-13(10-20)14-5-7-22-11-14/h2-3,8,13-14H,4-7,9-11H2,1H3,(H,19,21)/t13-,14-/m1/s1. The zero-order valence-electron chi connectivity index (χ0n) is 13.0. The van der Waals surface area contributed by atoms with Gasteiger partial charge in [-0.2, -0.15) is 0 Å². The first-order chi connectivity index (χ1) is 10.6. The molecule has 0 aromatic heterocycles. The number of nitrogens with one attached hydrogen (secondary N) is 1. The molecule has 5 heteroatoms. The maximum absolute atomic E-state index is 12.3. The van der Waals surface area contributed by atoms with Crippen LogP contribution in [0.15, 0.2) is 18.2 Å². The van der Waals surface area contributed by atoms with Crippen molar-refractivity contribution in [3.05, 3.63) is 34.3 Å². The minimum Gasteiger partial charge on any atom is -0.381 e. The fraction of sp³-hybridized carbons (Fsp3) is 0.588. The highest BCUT2D eigenvalue weighted by atomic mass is 35.5. The van der Waals surface area contributed by atoms with E-state index in [4.69, 9.17) is 16.3 Å². The average molecular weight is 323 g/mol. The summed E-state index contributed by atoms with van der Waals surface area (Å²) >= 11 is 6.02. The summed E-state index contributed by atoms with van der Waals surface area (Å²) in [7, 11) is 0. The van der Waals surface area contributed by atoms with Crippen molar-refractivity contribution in [3.8, 4) is 0 Å². The number of hydrogen-bond donors (Lipinski definition) is 1. The van der Waals surface area contributed by atoms with Crippen molar-refractivity contribution in [2.24, 2.45) is 11.8 Å². The zero-order valence-corrected chi connectivity index (χ0v) is 13.7. The van der Waals surface area contributed by atoms with E-state index in [0.717, 1.165) is 50.3 Å². The minimum atomic E-state index is 0.0285. The van der Waals surface area contributed by atoms with Crippen molar-refractivity contribution in [2.75, 3.05) is 26.3 Å². The lowest BCUT2D eigenvalue weighted by Gasteiger charge is -2.20. The molecular formula is C17H23ClN2O2. The number of carbonyl (C=O) groups is 1. The van der Waals surface area contributed by atoms with Crippen LogP contribution in [-0.2, 0) is 11.3 Å². The molecule has 0 unspecified atom stereocenters. The zero-order chi connectivity index (χ0) is 15.5. The third kappa shape index (κ3) is 3.55. The Bertz CT molecular complexity index is 543. The molecule has 0 aliphatic carbocycles. The lowest BCUT2D eigenvalue weighted by atomic mass is 9.91. The van der Waals surface area contributed by atoms with Crippen LogP contribution in [0.3, 0.4) is 0 Å². The van der Waals surface area contributed by atoms with Gasteiger partial charge < -0.3 is 15.0 Å². The van der Waals surface area contributed by atoms with Gasteiger partial charge in [0.25, 0.3) is 0 Å². The van der Waals surface area contributed by atoms with Crippen LogP contribution < -0.4 is 5.32 Å². The highest BCUT2D eigenvalue weighted by molar-refractivity contribution is 6.30. The normalized spacial score (nSPS) is 24.7. The quantitative estimate of drug-likeness (QED) is 0.928. The highest BCUT2D eigenvalue weighted by Gasteiger charge is 2.33. The summed E-state index contributed by atoms with van der Waals surface area (Å²) in [5, 5.41) is 3.72. The number of hydrogen-bond acceptors (Lipinski definition) is 2. The van der Waals surface area contributed by atoms with Crippen LogP contribution in [0.25, 0.3) is 0 Å². The van der Waals surface area contributed by atoms with Gasteiger partial charge in [0.2, 0.25) is 0 Å². The maximum atomic E-state index is 12.3. The van der Waals surface area contributed by atoms with E-state index in [0.29, 0.717) is 23.4 Å². The van der Waals surface area contributed by atoms with Crippen LogP contribution in [0.4, 0.5) is 4.79 Å². The van der Waals surface area contributed by atoms with E-state index in [1.165, 1.54) is 0 Å². The highest BCUT2D eigenvalue weighted by Crippen LogP contribution is 2.29. The molecule has 4 nitrogen and oxygen atoms in total. The topological polar surface area (TPSA) is 41.6 Å². The van der Waals surface area contributed by atoms with E-state index >= 15 is 0 Å². The summed E-state index contributed by atoms with van der Waals surface area (Å²) in [6, 6.07) is 5.80. The van der Waals surface area contributed by atoms with Crippen molar-refractivity contribution in [2.45, 2.75) is 26.3 Å². The number of halogens is 1. The predicted octanol–water partition coefficient (Wildman–Crippen LogP) is 3.22. The fourth-order valence-electron chi connectivity index (χ4n) is 3.39. The maximum Gasteiger partial charge on any atom is 0.317 e. The molecule has 0 radical (unpaired) electrons. The summed E-state index contributed by atoms with van der Waals surface area (Å²) in [4.78, 5) is 14.3. The number of urea groups is 1. The first-order valence-corrected chi connectivity index (χ1v) is 8.37. The van der Waals surface area contributed by atoms with Gasteiger partial charge in [0.05, 0.1) is 0 Å². The molecule has 1 aromatic rings. The van der Waals surface area contributed by atoms with Gasteiger partial charge in [-0.3, -0.25) is 0 Å². The van der Waals surface area contributed by atoms with Gasteiger partial charge in [-0.05, 0) is 54.9 Å². The van der Waals surface area contributed by atoms with E-state index in [1.54, 1.807) is 0 Å². The largest absolute Gasteiger partial charge is 0.381 e. The van der Waals surface area contributed by atoms with Gasteiger partial charge in [-0.15, -0.1) is 0 Å². The Morgan fingerprint density at radius 1 is 1.41 bits per heavy atom. The third-order valence-corrected chi connectivity index (χ3v) is 5.12. The molecule has 2 aliphatic rings. The molecule has 2 amide bonds. The second-order valence-electron chi connectivity index (χ2n) is 6.35. The Hall–Kier alpha value is -1.26. The van der Waals surface area contributed by atoms with Crippen LogP contribution in [0.1, 0.15) is 24.0 Å². The number of ether oxygens (including phenoxy) is 1. The second kappa shape index (κ2) is 6.88. The first kappa shape index (κ1) is 15.6. The van der Waals surface area contributed by atoms with E-state index in [9.17, 15) is 4.79 Å². The summed E-state index contributed by atoms with van der Waals surface area (Å²) < 4.78 is 5.46. The van der Waals surface area contributed by atoms with Gasteiger partial charge >= 0.3 is 6.03 Å². The lowest BCUT2D eigenvalue weighted by Crippen LogP contribution is -2.38. The van der Waals surface area contributed by atoms with Crippen molar-refractivity contribution in [3.63, 3.8) is 0 Å². The Labute approximate surface area is 136 Å². The summed E-state index contributed by atoms with van der Waals surface area (Å²) in [5.41, 5.74) is 2.22. The lowest BCUT2D eigenvalue weighted by molar-refractivity contribution is 0.170. The first-order valence-electron chi connectivity index (χ1n) is 7.99. The number of benzene rings is 1. The molecule has 2 aliphatic heterocycles. The minimum absolute atomic E-state index is 0.0285. The molecule has 2 fully saturated rings. The Kier molecular flexibility index (Phi) is 4.89. The number of likely N-dealkylation sites (tertiary alicyclic amines) is 1. The Balaban J connectivity index is 1.51. The Morgan fingerprint density at radius 3 is 3.05 bits per heavy atom. The molecule has 2 atom stereocenters. The molecule has 0 saturated carbocycles. The summed E-state index contributed by atoms with van der Waals surface area (Å²) in [6.07, 6.45) is 2.24. The summed E-state index contributed by atoms with van der Waals surface area (Å²) in [6.45, 7) is 6.00. The van der Waals surface area contributed by atoms with Gasteiger partial charge in [0, 0.05) is 37.9 Å². The van der Waals surface area contributed by atoms with Crippen molar-refractivity contribution < 1.29 is 9.53 Å². The SMILES string of the molecule is Cc1ccc(Cl)cc1CNC(=O)N1CC[C@@H]([C@@H]2CCOC2)C1. The molecule has 22 heavy (non-hydrogen) atoms. The summed E-state index contributed by atoms with van der Waals surface area (Å²) in [5.74, 6) is 1.23. The van der Waals surface area contributed by atoms with Gasteiger partial charge in [0.15, 0.2) is 0 Å². The van der Waals surface area contributed by atoms with Crippen LogP contribution >= 0.6 is 11.6 Å². The number of rotatable bonds is 3. The number of aryl methyl sites for hydroxylation is 1. The van der Waals surface area contributed by atoms with Gasteiger partial charge in [-0.1, -0.05) is 17.7 Å². The molecular weight excluding hydrogens is 300 g/mol. The van der Waals surface area contributed by atoms with E-state index in [1.807, 2.05) is 30.0 Å². The van der Waals surface area contributed by atoms with Crippen molar-refractivity contribution in [1.82, 2.24) is 10.2 Å². The molecule has 0 spiro atoms. The number of carbonyl (C=O) groups excluding carboxylic acids is 1. The Morgan fingerprint density at radius 2 is 2.27 bits per heavy atom. The van der Waals surface area contributed by atoms with Crippen LogP contribution in [0, 0.1) is 18.8 Å². The molecule has 0 bridgehead atoms. The van der Waals surface area contributed by atoms with Gasteiger partial charge in [0.1, 0.15) is 0 Å². The second-order valence-corrected chi connectivity index (χ2v) is 6.78. The molecule has 1 N–H and O–H groups in total. The fourth-order valence-corrected chi connectivity index (χ4v) is 3.59. The van der Waals surface area contributed by atoms with E-state index in [-0.39, 0.29) is 6.03 Å². The van der Waals surface area contributed by atoms with Gasteiger partial charge in [-0.25, -0.2) is 4.79 Å². The molecule has 120 valence electrons.